The second-order valence-corrected chi connectivity index (χ2v) is 2.73. The number of alkyl halides is 3. The molecule has 1 aromatic rings. The first kappa shape index (κ1) is 11.3. The maximum atomic E-state index is 11.9. The van der Waals surface area contributed by atoms with Crippen LogP contribution in [0.2, 0.25) is 0 Å². The van der Waals surface area contributed by atoms with E-state index in [1.165, 1.54) is 19.1 Å². The first-order chi connectivity index (χ1) is 6.81. The van der Waals surface area contributed by atoms with Crippen molar-refractivity contribution in [2.75, 3.05) is 0 Å². The summed E-state index contributed by atoms with van der Waals surface area (Å²) in [6, 6.07) is 3.54. The summed E-state index contributed by atoms with van der Waals surface area (Å²) in [4.78, 5) is 9.50. The summed E-state index contributed by atoms with van der Waals surface area (Å²) in [5.41, 5.74) is -0.645. The molecule has 0 saturated carbocycles. The van der Waals surface area contributed by atoms with E-state index in [1.807, 2.05) is 0 Å². The molecule has 0 aliphatic rings. The van der Waals surface area contributed by atoms with Crippen molar-refractivity contribution in [2.45, 2.75) is 13.3 Å². The summed E-state index contributed by atoms with van der Waals surface area (Å²) in [5.74, 6) is -0.769. The Balaban J connectivity index is 3.19. The Morgan fingerprint density at radius 3 is 2.47 bits per heavy atom. The van der Waals surface area contributed by atoms with Crippen molar-refractivity contribution in [3.63, 3.8) is 0 Å². The fourth-order valence-electron chi connectivity index (χ4n) is 1.03. The molecule has 1 aromatic carbocycles. The Morgan fingerprint density at radius 1 is 1.40 bits per heavy atom. The van der Waals surface area contributed by atoms with Gasteiger partial charge in [-0.25, -0.2) is 0 Å². The summed E-state index contributed by atoms with van der Waals surface area (Å²) < 4.78 is 39.3. The highest BCUT2D eigenvalue weighted by Gasteiger charge is 2.35. The lowest BCUT2D eigenvalue weighted by Gasteiger charge is -2.10. The number of nitro groups is 1. The van der Waals surface area contributed by atoms with E-state index in [2.05, 4.69) is 4.74 Å². The van der Waals surface area contributed by atoms with Gasteiger partial charge in [-0.2, -0.15) is 0 Å². The van der Waals surface area contributed by atoms with E-state index in [-0.39, 0.29) is 5.56 Å². The molecule has 4 nitrogen and oxygen atoms in total. The van der Waals surface area contributed by atoms with Crippen LogP contribution in [0.5, 0.6) is 5.75 Å². The third-order valence-electron chi connectivity index (χ3n) is 1.61. The minimum atomic E-state index is -4.93. The molecule has 7 heteroatoms. The number of hydrogen-bond donors (Lipinski definition) is 0. The van der Waals surface area contributed by atoms with Crippen molar-refractivity contribution in [1.82, 2.24) is 0 Å². The molecule has 0 aliphatic carbocycles. The minimum absolute atomic E-state index is 0.0570. The van der Waals surface area contributed by atoms with Crippen molar-refractivity contribution >= 4 is 5.69 Å². The van der Waals surface area contributed by atoms with Crippen LogP contribution in [0.3, 0.4) is 0 Å². The van der Waals surface area contributed by atoms with Crippen molar-refractivity contribution in [1.29, 1.82) is 0 Å². The van der Waals surface area contributed by atoms with E-state index in [1.54, 1.807) is 0 Å². The molecule has 0 aromatic heterocycles. The highest BCUT2D eigenvalue weighted by molar-refractivity contribution is 5.51. The monoisotopic (exact) mass is 221 g/mol. The molecule has 0 saturated heterocycles. The van der Waals surface area contributed by atoms with Gasteiger partial charge in [-0.15, -0.1) is 13.2 Å². The second kappa shape index (κ2) is 3.76. The van der Waals surface area contributed by atoms with Gasteiger partial charge in [-0.1, -0.05) is 12.1 Å². The Labute approximate surface area is 82.4 Å². The average molecular weight is 221 g/mol. The van der Waals surface area contributed by atoms with Crippen LogP contribution in [-0.4, -0.2) is 11.3 Å². The maximum absolute atomic E-state index is 11.9. The van der Waals surface area contributed by atoms with Crippen LogP contribution < -0.4 is 4.74 Å². The third kappa shape index (κ3) is 2.83. The Kier molecular flexibility index (Phi) is 2.83. The fourth-order valence-corrected chi connectivity index (χ4v) is 1.03. The lowest BCUT2D eigenvalue weighted by atomic mass is 10.2. The number of rotatable bonds is 2. The maximum Gasteiger partial charge on any atom is 0.573 e. The van der Waals surface area contributed by atoms with Gasteiger partial charge in [0.15, 0.2) is 0 Å². The van der Waals surface area contributed by atoms with E-state index in [4.69, 9.17) is 0 Å². The van der Waals surface area contributed by atoms with Gasteiger partial charge in [0, 0.05) is 6.07 Å². The summed E-state index contributed by atoms with van der Waals surface area (Å²) in [7, 11) is 0. The van der Waals surface area contributed by atoms with E-state index < -0.39 is 22.7 Å². The van der Waals surface area contributed by atoms with E-state index in [9.17, 15) is 23.3 Å². The summed E-state index contributed by atoms with van der Waals surface area (Å²) in [6.07, 6.45) is -4.93. The molecule has 0 aliphatic heterocycles. The zero-order valence-electron chi connectivity index (χ0n) is 7.54. The largest absolute Gasteiger partial charge is 0.573 e. The van der Waals surface area contributed by atoms with Crippen molar-refractivity contribution < 1.29 is 22.8 Å². The molecule has 0 heterocycles. The fraction of sp³-hybridized carbons (Fsp3) is 0.250. The molecule has 82 valence electrons. The van der Waals surface area contributed by atoms with Gasteiger partial charge in [0.05, 0.1) is 4.92 Å². The number of para-hydroxylation sites is 1. The lowest BCUT2D eigenvalue weighted by molar-refractivity contribution is -0.388. The number of halogens is 3. The van der Waals surface area contributed by atoms with Crippen LogP contribution in [0.1, 0.15) is 5.56 Å². The molecule has 0 radical (unpaired) electrons. The second-order valence-electron chi connectivity index (χ2n) is 2.73. The summed E-state index contributed by atoms with van der Waals surface area (Å²) in [5, 5.41) is 10.4. The molecular weight excluding hydrogens is 215 g/mol. The molecule has 0 fully saturated rings. The standard InChI is InChI=1S/C8H6F3NO3/c1-5-3-2-4-6(12(13)14)7(5)15-8(9,10)11/h2-4H,1H3. The number of nitrogens with zero attached hydrogens (tertiary/aromatic N) is 1. The topological polar surface area (TPSA) is 52.4 Å². The molecule has 15 heavy (non-hydrogen) atoms. The smallest absolute Gasteiger partial charge is 0.398 e. The molecule has 0 unspecified atom stereocenters. The molecule has 0 bridgehead atoms. The van der Waals surface area contributed by atoms with Crippen molar-refractivity contribution in [3.8, 4) is 5.75 Å². The quantitative estimate of drug-likeness (QED) is 0.569. The number of benzene rings is 1. The van der Waals surface area contributed by atoms with Crippen LogP contribution in [0.15, 0.2) is 18.2 Å². The van der Waals surface area contributed by atoms with Gasteiger partial charge in [0.25, 0.3) is 0 Å². The van der Waals surface area contributed by atoms with Crippen molar-refractivity contribution in [3.05, 3.63) is 33.9 Å². The lowest BCUT2D eigenvalue weighted by Crippen LogP contribution is -2.18. The normalized spacial score (nSPS) is 11.2. The number of aryl methyl sites for hydroxylation is 1. The van der Waals surface area contributed by atoms with E-state index >= 15 is 0 Å². The SMILES string of the molecule is Cc1cccc([N+](=O)[O-])c1OC(F)(F)F. The Morgan fingerprint density at radius 2 is 2.00 bits per heavy atom. The highest BCUT2D eigenvalue weighted by Crippen LogP contribution is 2.34. The first-order valence-corrected chi connectivity index (χ1v) is 3.81. The molecular formula is C8H6F3NO3. The number of nitro benzene ring substituents is 1. The highest BCUT2D eigenvalue weighted by atomic mass is 19.4. The van der Waals surface area contributed by atoms with E-state index in [0.29, 0.717) is 0 Å². The molecule has 1 rings (SSSR count). The predicted molar refractivity (Wildman–Crippen MR) is 44.5 cm³/mol. The van der Waals surface area contributed by atoms with Crippen LogP contribution in [0.25, 0.3) is 0 Å². The van der Waals surface area contributed by atoms with Crippen LogP contribution in [0, 0.1) is 17.0 Å². The number of ether oxygens (including phenoxy) is 1. The molecule has 0 atom stereocenters. The van der Waals surface area contributed by atoms with Gasteiger partial charge in [0.1, 0.15) is 0 Å². The zero-order valence-corrected chi connectivity index (χ0v) is 7.54. The summed E-state index contributed by atoms with van der Waals surface area (Å²) in [6.45, 7) is 1.30. The molecule has 0 spiro atoms. The van der Waals surface area contributed by atoms with Gasteiger partial charge < -0.3 is 4.74 Å². The van der Waals surface area contributed by atoms with Crippen molar-refractivity contribution in [2.24, 2.45) is 0 Å². The molecule has 0 N–H and O–H groups in total. The van der Waals surface area contributed by atoms with Crippen LogP contribution in [-0.2, 0) is 0 Å². The van der Waals surface area contributed by atoms with E-state index in [0.717, 1.165) is 6.07 Å². The molecule has 0 amide bonds. The predicted octanol–water partition coefficient (Wildman–Crippen LogP) is 2.80. The van der Waals surface area contributed by atoms with Crippen LogP contribution >= 0.6 is 0 Å². The van der Waals surface area contributed by atoms with Gasteiger partial charge in [-0.3, -0.25) is 10.1 Å². The summed E-state index contributed by atoms with van der Waals surface area (Å²) >= 11 is 0. The number of hydrogen-bond acceptors (Lipinski definition) is 3. The average Bonchev–Trinajstić information content (AvgIpc) is 2.05. The van der Waals surface area contributed by atoms with Gasteiger partial charge >= 0.3 is 12.0 Å². The Bertz CT molecular complexity index is 389. The van der Waals surface area contributed by atoms with Gasteiger partial charge in [0.2, 0.25) is 5.75 Å². The first-order valence-electron chi connectivity index (χ1n) is 3.81. The zero-order chi connectivity index (χ0) is 11.6. The minimum Gasteiger partial charge on any atom is -0.398 e. The van der Waals surface area contributed by atoms with Crippen LogP contribution in [0.4, 0.5) is 18.9 Å². The van der Waals surface area contributed by atoms with Gasteiger partial charge in [-0.05, 0) is 12.5 Å². The third-order valence-corrected chi connectivity index (χ3v) is 1.61. The Hall–Kier alpha value is -1.79.